The maximum atomic E-state index is 13.5. The number of carbonyl (C=O) groups is 1. The van der Waals surface area contributed by atoms with E-state index in [0.29, 0.717) is 5.92 Å². The average Bonchev–Trinajstić information content (AvgIpc) is 3.24. The molecule has 2 heterocycles. The standard InChI is InChI=1S/C29H32O4S/c1-17(2)21-7-8-26-23(12-21)29(22-5-3-4-6-25(22)34-26)31-16-24(32-29)27(30)33-28-13-18-9-19(14-28)11-20(10-18)15-28/h3-8,12,17-20,24H,9-11,13-16H2,1-2H3. The Kier molecular flexibility index (Phi) is 4.79. The zero-order valence-corrected chi connectivity index (χ0v) is 20.7. The van der Waals surface area contributed by atoms with E-state index in [-0.39, 0.29) is 18.2 Å². The van der Waals surface area contributed by atoms with Gasteiger partial charge >= 0.3 is 5.97 Å². The van der Waals surface area contributed by atoms with Crippen molar-refractivity contribution in [2.75, 3.05) is 6.61 Å². The van der Waals surface area contributed by atoms with Crippen LogP contribution in [-0.2, 0) is 24.8 Å². The summed E-state index contributed by atoms with van der Waals surface area (Å²) >= 11 is 1.74. The summed E-state index contributed by atoms with van der Waals surface area (Å²) in [7, 11) is 0. The van der Waals surface area contributed by atoms with E-state index in [4.69, 9.17) is 14.2 Å². The highest BCUT2D eigenvalue weighted by Gasteiger charge is 2.56. The highest BCUT2D eigenvalue weighted by Crippen LogP contribution is 2.58. The number of carbonyl (C=O) groups excluding carboxylic acids is 1. The molecule has 1 spiro atoms. The van der Waals surface area contributed by atoms with Gasteiger partial charge in [-0.15, -0.1) is 0 Å². The molecule has 0 amide bonds. The van der Waals surface area contributed by atoms with E-state index < -0.39 is 11.9 Å². The fourth-order valence-corrected chi connectivity index (χ4v) is 8.77. The van der Waals surface area contributed by atoms with Gasteiger partial charge in [0.25, 0.3) is 0 Å². The van der Waals surface area contributed by atoms with Crippen molar-refractivity contribution in [1.29, 1.82) is 0 Å². The van der Waals surface area contributed by atoms with E-state index >= 15 is 0 Å². The minimum Gasteiger partial charge on any atom is -0.457 e. The molecule has 2 aromatic rings. The first-order valence-electron chi connectivity index (χ1n) is 12.9. The van der Waals surface area contributed by atoms with Crippen LogP contribution >= 0.6 is 11.8 Å². The van der Waals surface area contributed by atoms with E-state index in [1.807, 2.05) is 12.1 Å². The summed E-state index contributed by atoms with van der Waals surface area (Å²) in [4.78, 5) is 15.8. The third-order valence-corrected chi connectivity index (χ3v) is 9.95. The molecule has 5 heteroatoms. The predicted molar refractivity (Wildman–Crippen MR) is 130 cm³/mol. The van der Waals surface area contributed by atoms with Crippen LogP contribution in [-0.4, -0.2) is 24.3 Å². The maximum Gasteiger partial charge on any atom is 0.338 e. The van der Waals surface area contributed by atoms with Crippen LogP contribution < -0.4 is 0 Å². The van der Waals surface area contributed by atoms with Gasteiger partial charge in [0.15, 0.2) is 6.10 Å². The van der Waals surface area contributed by atoms with Crippen molar-refractivity contribution in [3.8, 4) is 0 Å². The summed E-state index contributed by atoms with van der Waals surface area (Å²) in [6, 6.07) is 14.8. The lowest BCUT2D eigenvalue weighted by Gasteiger charge is -2.55. The van der Waals surface area contributed by atoms with Crippen molar-refractivity contribution in [3.05, 3.63) is 59.2 Å². The molecule has 2 aliphatic heterocycles. The van der Waals surface area contributed by atoms with Crippen LogP contribution in [0.5, 0.6) is 0 Å². The minimum atomic E-state index is -1.06. The Labute approximate surface area is 205 Å². The van der Waals surface area contributed by atoms with Gasteiger partial charge in [0.1, 0.15) is 5.60 Å². The third-order valence-electron chi connectivity index (χ3n) is 8.79. The summed E-state index contributed by atoms with van der Waals surface area (Å²) in [6.45, 7) is 4.61. The molecule has 1 saturated heterocycles. The summed E-state index contributed by atoms with van der Waals surface area (Å²) in [5, 5.41) is 0. The monoisotopic (exact) mass is 476 g/mol. The van der Waals surface area contributed by atoms with Crippen LogP contribution in [0.25, 0.3) is 0 Å². The van der Waals surface area contributed by atoms with Gasteiger partial charge < -0.3 is 14.2 Å². The fraction of sp³-hybridized carbons (Fsp3) is 0.552. The summed E-state index contributed by atoms with van der Waals surface area (Å²) in [5.74, 6) is 1.28. The van der Waals surface area contributed by atoms with Crippen LogP contribution in [0.3, 0.4) is 0 Å². The zero-order valence-electron chi connectivity index (χ0n) is 19.9. The number of hydrogen-bond acceptors (Lipinski definition) is 5. The highest BCUT2D eigenvalue weighted by molar-refractivity contribution is 7.99. The minimum absolute atomic E-state index is 0.218. The number of rotatable bonds is 3. The Bertz CT molecular complexity index is 1120. The zero-order chi connectivity index (χ0) is 23.1. The molecule has 2 unspecified atom stereocenters. The normalized spacial score (nSPS) is 37.1. The van der Waals surface area contributed by atoms with Gasteiger partial charge in [-0.05, 0) is 86.0 Å². The molecule has 4 bridgehead atoms. The molecule has 4 aliphatic carbocycles. The molecule has 0 radical (unpaired) electrons. The second kappa shape index (κ2) is 7.59. The van der Waals surface area contributed by atoms with Gasteiger partial charge in [-0.25, -0.2) is 4.79 Å². The van der Waals surface area contributed by atoms with Gasteiger partial charge in [0, 0.05) is 20.9 Å². The molecule has 0 aromatic heterocycles. The molecular weight excluding hydrogens is 444 g/mol. The van der Waals surface area contributed by atoms with Gasteiger partial charge in [-0.3, -0.25) is 0 Å². The number of hydrogen-bond donors (Lipinski definition) is 0. The van der Waals surface area contributed by atoms with Crippen molar-refractivity contribution >= 4 is 17.7 Å². The Morgan fingerprint density at radius 2 is 1.65 bits per heavy atom. The summed E-state index contributed by atoms with van der Waals surface area (Å²) in [5.41, 5.74) is 2.96. The Balaban J connectivity index is 1.21. The van der Waals surface area contributed by atoms with Gasteiger partial charge in [-0.2, -0.15) is 0 Å². The Hall–Kier alpha value is -1.82. The lowest BCUT2D eigenvalue weighted by atomic mass is 9.54. The first-order valence-corrected chi connectivity index (χ1v) is 13.7. The topological polar surface area (TPSA) is 44.8 Å². The second-order valence-corrected chi connectivity index (χ2v) is 12.6. The quantitative estimate of drug-likeness (QED) is 0.480. The molecule has 4 nitrogen and oxygen atoms in total. The first-order chi connectivity index (χ1) is 16.4. The van der Waals surface area contributed by atoms with Crippen LogP contribution in [0.4, 0.5) is 0 Å². The van der Waals surface area contributed by atoms with E-state index in [2.05, 4.69) is 44.2 Å². The van der Waals surface area contributed by atoms with Crippen molar-refractivity contribution in [2.45, 2.75) is 85.6 Å². The number of benzene rings is 2. The average molecular weight is 477 g/mol. The Morgan fingerprint density at radius 1 is 0.971 bits per heavy atom. The largest absolute Gasteiger partial charge is 0.457 e. The molecular formula is C29H32O4S. The van der Waals surface area contributed by atoms with Crippen LogP contribution in [0.1, 0.15) is 75.0 Å². The molecule has 2 aromatic carbocycles. The lowest BCUT2D eigenvalue weighted by Crippen LogP contribution is -2.53. The van der Waals surface area contributed by atoms with Gasteiger partial charge in [-0.1, -0.05) is 49.9 Å². The van der Waals surface area contributed by atoms with Crippen LogP contribution in [0.2, 0.25) is 0 Å². The summed E-state index contributed by atoms with van der Waals surface area (Å²) in [6.07, 6.45) is 6.36. The SMILES string of the molecule is CC(C)c1ccc2c(c1)C1(OCC(C(=O)OC34CC5CC(CC(C5)C3)C4)O1)c1ccccc1S2. The molecule has 2 atom stereocenters. The lowest BCUT2D eigenvalue weighted by molar-refractivity contribution is -0.203. The van der Waals surface area contributed by atoms with E-state index in [9.17, 15) is 4.79 Å². The molecule has 0 N–H and O–H groups in total. The van der Waals surface area contributed by atoms with Crippen molar-refractivity contribution in [2.24, 2.45) is 17.8 Å². The number of esters is 1. The molecule has 5 fully saturated rings. The molecule has 4 saturated carbocycles. The maximum absolute atomic E-state index is 13.5. The van der Waals surface area contributed by atoms with Crippen LogP contribution in [0, 0.1) is 17.8 Å². The predicted octanol–water partition coefficient (Wildman–Crippen LogP) is 6.40. The van der Waals surface area contributed by atoms with Crippen molar-refractivity contribution in [3.63, 3.8) is 0 Å². The molecule has 178 valence electrons. The molecule has 8 rings (SSSR count). The van der Waals surface area contributed by atoms with Gasteiger partial charge in [0.2, 0.25) is 5.79 Å². The number of ether oxygens (including phenoxy) is 3. The van der Waals surface area contributed by atoms with Crippen molar-refractivity contribution in [1.82, 2.24) is 0 Å². The summed E-state index contributed by atoms with van der Waals surface area (Å²) < 4.78 is 19.5. The Morgan fingerprint density at radius 3 is 2.35 bits per heavy atom. The van der Waals surface area contributed by atoms with E-state index in [1.165, 1.54) is 24.8 Å². The van der Waals surface area contributed by atoms with Gasteiger partial charge in [0.05, 0.1) is 6.61 Å². The first kappa shape index (κ1) is 21.5. The van der Waals surface area contributed by atoms with Crippen LogP contribution in [0.15, 0.2) is 52.3 Å². The third kappa shape index (κ3) is 3.23. The molecule has 6 aliphatic rings. The van der Waals surface area contributed by atoms with Crippen molar-refractivity contribution < 1.29 is 19.0 Å². The number of fused-ring (bicyclic) bond motifs is 4. The molecule has 34 heavy (non-hydrogen) atoms. The van der Waals surface area contributed by atoms with E-state index in [0.717, 1.165) is 57.9 Å². The highest BCUT2D eigenvalue weighted by atomic mass is 32.2. The smallest absolute Gasteiger partial charge is 0.338 e. The fourth-order valence-electron chi connectivity index (χ4n) is 7.64. The second-order valence-electron chi connectivity index (χ2n) is 11.6. The van der Waals surface area contributed by atoms with E-state index in [1.54, 1.807) is 11.8 Å².